The van der Waals surface area contributed by atoms with E-state index in [0.717, 1.165) is 0 Å². The average molecular weight is 184 g/mol. The monoisotopic (exact) mass is 184 g/mol. The van der Waals surface area contributed by atoms with E-state index >= 15 is 0 Å². The summed E-state index contributed by atoms with van der Waals surface area (Å²) in [4.78, 5) is 11.2. The van der Waals surface area contributed by atoms with Crippen LogP contribution in [-0.2, 0) is 4.79 Å². The minimum absolute atomic E-state index is 0.00463. The van der Waals surface area contributed by atoms with Crippen molar-refractivity contribution in [2.24, 2.45) is 5.73 Å². The Morgan fingerprint density at radius 1 is 1.46 bits per heavy atom. The molecule has 0 atom stereocenters. The normalized spacial score (nSPS) is 10.8. The van der Waals surface area contributed by atoms with Gasteiger partial charge >= 0.3 is 0 Å². The van der Waals surface area contributed by atoms with Crippen molar-refractivity contribution in [3.63, 3.8) is 0 Å². The first-order valence-electron chi connectivity index (χ1n) is 4.50. The van der Waals surface area contributed by atoms with Gasteiger partial charge in [-0.05, 0) is 27.7 Å². The number of hydrogen-bond donors (Lipinski definition) is 2. The van der Waals surface area contributed by atoms with Crippen LogP contribution in [0.5, 0.6) is 0 Å². The third kappa shape index (κ3) is 9.08. The molecule has 1 amide bonds. The van der Waals surface area contributed by atoms with Crippen molar-refractivity contribution in [3.8, 4) is 0 Å². The molecule has 0 aliphatic rings. The molecule has 13 heavy (non-hydrogen) atoms. The van der Waals surface area contributed by atoms with E-state index in [4.69, 9.17) is 5.73 Å². The molecule has 0 saturated carbocycles. The second kappa shape index (κ2) is 5.02. The number of allylic oxidation sites excluding steroid dienone is 1. The fourth-order valence-electron chi connectivity index (χ4n) is 0.845. The van der Waals surface area contributed by atoms with Gasteiger partial charge in [0.05, 0.1) is 0 Å². The Labute approximate surface area is 80.4 Å². The van der Waals surface area contributed by atoms with Gasteiger partial charge in [-0.25, -0.2) is 0 Å². The molecule has 0 bridgehead atoms. The number of carbonyl (C=O) groups is 1. The summed E-state index contributed by atoms with van der Waals surface area (Å²) in [6.45, 7) is 8.27. The Bertz CT molecular complexity index is 197. The first-order chi connectivity index (χ1) is 5.81. The maximum absolute atomic E-state index is 11.2. The summed E-state index contributed by atoms with van der Waals surface area (Å²) in [6, 6.07) is 0. The minimum Gasteiger partial charge on any atom is -0.353 e. The van der Waals surface area contributed by atoms with Crippen LogP contribution < -0.4 is 11.1 Å². The van der Waals surface area contributed by atoms with E-state index in [-0.39, 0.29) is 5.91 Å². The number of hydrogen-bond acceptors (Lipinski definition) is 2. The van der Waals surface area contributed by atoms with E-state index in [1.165, 1.54) is 5.57 Å². The second-order valence-corrected chi connectivity index (χ2v) is 4.25. The van der Waals surface area contributed by atoms with Gasteiger partial charge in [-0.3, -0.25) is 4.79 Å². The highest BCUT2D eigenvalue weighted by molar-refractivity contribution is 5.77. The maximum atomic E-state index is 11.2. The quantitative estimate of drug-likeness (QED) is 0.645. The van der Waals surface area contributed by atoms with Gasteiger partial charge in [0.2, 0.25) is 5.91 Å². The van der Waals surface area contributed by atoms with Crippen LogP contribution in [0.3, 0.4) is 0 Å². The largest absolute Gasteiger partial charge is 0.353 e. The molecule has 3 nitrogen and oxygen atoms in total. The van der Waals surface area contributed by atoms with Crippen LogP contribution in [0.25, 0.3) is 0 Å². The third-order valence-corrected chi connectivity index (χ3v) is 1.43. The van der Waals surface area contributed by atoms with Gasteiger partial charge in [-0.1, -0.05) is 11.6 Å². The summed E-state index contributed by atoms with van der Waals surface area (Å²) in [7, 11) is 0. The van der Waals surface area contributed by atoms with Crippen molar-refractivity contribution in [2.45, 2.75) is 39.7 Å². The van der Waals surface area contributed by atoms with Crippen LogP contribution in [-0.4, -0.2) is 18.0 Å². The molecule has 0 aromatic carbocycles. The minimum atomic E-state index is -0.422. The van der Waals surface area contributed by atoms with Crippen molar-refractivity contribution in [1.29, 1.82) is 0 Å². The van der Waals surface area contributed by atoms with E-state index in [1.54, 1.807) is 0 Å². The highest BCUT2D eigenvalue weighted by atomic mass is 16.1. The summed E-state index contributed by atoms with van der Waals surface area (Å²) < 4.78 is 0. The highest BCUT2D eigenvalue weighted by Crippen LogP contribution is 2.02. The Morgan fingerprint density at radius 3 is 2.38 bits per heavy atom. The second-order valence-electron chi connectivity index (χ2n) is 4.25. The van der Waals surface area contributed by atoms with Gasteiger partial charge < -0.3 is 11.1 Å². The Kier molecular flexibility index (Phi) is 4.70. The zero-order valence-corrected chi connectivity index (χ0v) is 8.98. The van der Waals surface area contributed by atoms with Crippen LogP contribution >= 0.6 is 0 Å². The molecule has 0 radical (unpaired) electrons. The molecular weight excluding hydrogens is 164 g/mol. The smallest absolute Gasteiger partial charge is 0.222 e. The SMILES string of the molecule is CC(C)=CCNC(=O)CC(C)(C)N. The summed E-state index contributed by atoms with van der Waals surface area (Å²) in [5.74, 6) is 0.00463. The van der Waals surface area contributed by atoms with E-state index < -0.39 is 5.54 Å². The first-order valence-corrected chi connectivity index (χ1v) is 4.50. The molecule has 0 heterocycles. The zero-order valence-electron chi connectivity index (χ0n) is 8.98. The zero-order chi connectivity index (χ0) is 10.5. The lowest BCUT2D eigenvalue weighted by Gasteiger charge is -2.16. The first kappa shape index (κ1) is 12.2. The maximum Gasteiger partial charge on any atom is 0.222 e. The fraction of sp³-hybridized carbons (Fsp3) is 0.700. The van der Waals surface area contributed by atoms with Crippen molar-refractivity contribution < 1.29 is 4.79 Å². The van der Waals surface area contributed by atoms with Gasteiger partial charge in [0.15, 0.2) is 0 Å². The molecule has 0 aromatic rings. The molecule has 0 aliphatic heterocycles. The van der Waals surface area contributed by atoms with Crippen LogP contribution in [0.1, 0.15) is 34.1 Å². The molecule has 0 fully saturated rings. The predicted molar refractivity (Wildman–Crippen MR) is 55.3 cm³/mol. The van der Waals surface area contributed by atoms with Crippen LogP contribution in [0, 0.1) is 0 Å². The number of nitrogens with two attached hydrogens (primary N) is 1. The Hall–Kier alpha value is -0.830. The number of rotatable bonds is 4. The lowest BCUT2D eigenvalue weighted by molar-refractivity contribution is -0.121. The summed E-state index contributed by atoms with van der Waals surface area (Å²) in [5, 5.41) is 2.78. The number of nitrogens with one attached hydrogen (secondary N) is 1. The van der Waals surface area contributed by atoms with Gasteiger partial charge in [0.25, 0.3) is 0 Å². The van der Waals surface area contributed by atoms with E-state index in [1.807, 2.05) is 33.8 Å². The topological polar surface area (TPSA) is 55.1 Å². The van der Waals surface area contributed by atoms with E-state index in [9.17, 15) is 4.79 Å². The molecule has 0 aliphatic carbocycles. The standard InChI is InChI=1S/C10H20N2O/c1-8(2)5-6-12-9(13)7-10(3,4)11/h5H,6-7,11H2,1-4H3,(H,12,13). The van der Waals surface area contributed by atoms with Crippen LogP contribution in [0.4, 0.5) is 0 Å². The van der Waals surface area contributed by atoms with Crippen molar-refractivity contribution in [2.75, 3.05) is 6.54 Å². The molecule has 0 aromatic heterocycles. The molecule has 0 unspecified atom stereocenters. The third-order valence-electron chi connectivity index (χ3n) is 1.43. The number of carbonyl (C=O) groups excluding carboxylic acids is 1. The average Bonchev–Trinajstić information content (AvgIpc) is 1.81. The van der Waals surface area contributed by atoms with E-state index in [0.29, 0.717) is 13.0 Å². The fourth-order valence-corrected chi connectivity index (χ4v) is 0.845. The van der Waals surface area contributed by atoms with Gasteiger partial charge in [0, 0.05) is 18.5 Å². The summed E-state index contributed by atoms with van der Waals surface area (Å²) in [6.07, 6.45) is 2.34. The Balaban J connectivity index is 3.71. The molecule has 3 N–H and O–H groups in total. The summed E-state index contributed by atoms with van der Waals surface area (Å²) in [5.41, 5.74) is 6.47. The van der Waals surface area contributed by atoms with Crippen molar-refractivity contribution >= 4 is 5.91 Å². The highest BCUT2D eigenvalue weighted by Gasteiger charge is 2.15. The molecule has 0 rings (SSSR count). The lowest BCUT2D eigenvalue weighted by Crippen LogP contribution is -2.39. The van der Waals surface area contributed by atoms with E-state index in [2.05, 4.69) is 5.32 Å². The molecule has 76 valence electrons. The summed E-state index contributed by atoms with van der Waals surface area (Å²) >= 11 is 0. The van der Waals surface area contributed by atoms with Crippen LogP contribution in [0.15, 0.2) is 11.6 Å². The number of amides is 1. The van der Waals surface area contributed by atoms with Gasteiger partial charge in [-0.2, -0.15) is 0 Å². The van der Waals surface area contributed by atoms with Crippen LogP contribution in [0.2, 0.25) is 0 Å². The lowest BCUT2D eigenvalue weighted by atomic mass is 10.0. The molecular formula is C10H20N2O. The van der Waals surface area contributed by atoms with Crippen molar-refractivity contribution in [3.05, 3.63) is 11.6 Å². The molecule has 3 heteroatoms. The molecule has 0 saturated heterocycles. The molecule has 0 spiro atoms. The predicted octanol–water partition coefficient (Wildman–Crippen LogP) is 1.20. The van der Waals surface area contributed by atoms with Gasteiger partial charge in [0.1, 0.15) is 0 Å². The van der Waals surface area contributed by atoms with Crippen molar-refractivity contribution in [1.82, 2.24) is 5.32 Å². The Morgan fingerprint density at radius 2 is 2.00 bits per heavy atom. The van der Waals surface area contributed by atoms with Gasteiger partial charge in [-0.15, -0.1) is 0 Å².